The van der Waals surface area contributed by atoms with E-state index in [1.807, 2.05) is 17.8 Å². The van der Waals surface area contributed by atoms with Crippen molar-refractivity contribution in [2.75, 3.05) is 11.5 Å². The summed E-state index contributed by atoms with van der Waals surface area (Å²) in [5.41, 5.74) is 0.814. The van der Waals surface area contributed by atoms with Gasteiger partial charge in [-0.2, -0.15) is 16.1 Å². The number of phosphoric acid groups is 2. The predicted molar refractivity (Wildman–Crippen MR) is 93.0 cm³/mol. The molecule has 0 aromatic carbocycles. The van der Waals surface area contributed by atoms with Crippen LogP contribution >= 0.6 is 27.4 Å². The van der Waals surface area contributed by atoms with Gasteiger partial charge in [-0.3, -0.25) is 4.89 Å². The van der Waals surface area contributed by atoms with E-state index in [1.165, 1.54) is 18.2 Å². The Morgan fingerprint density at radius 3 is 2.52 bits per heavy atom. The van der Waals surface area contributed by atoms with Crippen LogP contribution in [0.15, 0.2) is 24.0 Å². The van der Waals surface area contributed by atoms with E-state index in [-0.39, 0.29) is 0 Å². The van der Waals surface area contributed by atoms with Crippen molar-refractivity contribution in [3.63, 3.8) is 0 Å². The SMILES string of the molecule is CCCSCC(C)CCC=C(C)/C=C/OP(=O)(O)OP(=O)(O)O. The summed E-state index contributed by atoms with van der Waals surface area (Å²) in [7, 11) is -9.89. The van der Waals surface area contributed by atoms with Crippen LogP contribution in [-0.4, -0.2) is 26.2 Å². The Labute approximate surface area is 142 Å². The lowest BCUT2D eigenvalue weighted by atomic mass is 10.1. The fraction of sp³-hybridized carbons (Fsp3) is 0.692. The summed E-state index contributed by atoms with van der Waals surface area (Å²) in [4.78, 5) is 26.0. The fourth-order valence-corrected chi connectivity index (χ4v) is 4.01. The van der Waals surface area contributed by atoms with E-state index in [2.05, 4.69) is 22.7 Å². The van der Waals surface area contributed by atoms with Crippen LogP contribution in [0, 0.1) is 5.92 Å². The van der Waals surface area contributed by atoms with Crippen molar-refractivity contribution in [2.24, 2.45) is 5.92 Å². The molecular weight excluding hydrogens is 362 g/mol. The molecule has 0 fully saturated rings. The normalized spacial score (nSPS) is 17.2. The molecule has 0 spiro atoms. The highest BCUT2D eigenvalue weighted by Crippen LogP contribution is 2.57. The molecule has 7 nitrogen and oxygen atoms in total. The zero-order valence-corrected chi connectivity index (χ0v) is 16.2. The van der Waals surface area contributed by atoms with Crippen molar-refractivity contribution >= 4 is 27.4 Å². The van der Waals surface area contributed by atoms with Gasteiger partial charge in [-0.05, 0) is 49.7 Å². The lowest BCUT2D eigenvalue weighted by Crippen LogP contribution is -1.98. The zero-order chi connectivity index (χ0) is 17.9. The molecule has 0 bridgehead atoms. The molecule has 0 saturated carbocycles. The number of allylic oxidation sites excluding steroid dienone is 3. The molecule has 0 radical (unpaired) electrons. The Hall–Kier alpha value is -0.0700. The van der Waals surface area contributed by atoms with Gasteiger partial charge in [-0.1, -0.05) is 25.5 Å². The summed E-state index contributed by atoms with van der Waals surface area (Å²) >= 11 is 1.95. The molecule has 0 aliphatic heterocycles. The molecule has 0 aliphatic carbocycles. The van der Waals surface area contributed by atoms with Gasteiger partial charge in [0.15, 0.2) is 0 Å². The first-order valence-electron chi connectivity index (χ1n) is 7.25. The maximum absolute atomic E-state index is 11.2. The smallest absolute Gasteiger partial charge is 0.412 e. The third-order valence-corrected chi connectivity index (χ3v) is 6.18. The first-order chi connectivity index (χ1) is 10.6. The quantitative estimate of drug-likeness (QED) is 0.197. The standard InChI is InChI=1S/C13H26O7P2S/c1-4-10-23-11-13(3)7-5-6-12(2)8-9-19-22(17,18)20-21(14,15)16/h6,8-9,13H,4-5,7,10-11H2,1-3H3,(H,17,18)(H2,14,15,16)/b9-8+,12-6?. The Bertz CT molecular complexity index is 487. The molecule has 23 heavy (non-hydrogen) atoms. The van der Waals surface area contributed by atoms with Crippen LogP contribution in [0.5, 0.6) is 0 Å². The van der Waals surface area contributed by atoms with Gasteiger partial charge < -0.3 is 14.3 Å². The van der Waals surface area contributed by atoms with Crippen molar-refractivity contribution in [3.05, 3.63) is 24.0 Å². The molecule has 0 heterocycles. The second-order valence-electron chi connectivity index (χ2n) is 5.15. The molecule has 0 amide bonds. The Balaban J connectivity index is 4.14. The van der Waals surface area contributed by atoms with Crippen LogP contribution < -0.4 is 0 Å². The first-order valence-corrected chi connectivity index (χ1v) is 11.4. The number of phosphoric ester groups is 1. The molecule has 0 saturated heterocycles. The van der Waals surface area contributed by atoms with Crippen LogP contribution in [0.3, 0.4) is 0 Å². The number of hydrogen-bond acceptors (Lipinski definition) is 5. The lowest BCUT2D eigenvalue weighted by molar-refractivity contribution is 0.217. The van der Waals surface area contributed by atoms with Gasteiger partial charge in [0.2, 0.25) is 0 Å². The monoisotopic (exact) mass is 388 g/mol. The van der Waals surface area contributed by atoms with Crippen LogP contribution in [0.1, 0.15) is 40.0 Å². The van der Waals surface area contributed by atoms with Crippen LogP contribution in [0.2, 0.25) is 0 Å². The lowest BCUT2D eigenvalue weighted by Gasteiger charge is -2.10. The molecule has 10 heteroatoms. The fourth-order valence-electron chi connectivity index (χ4n) is 1.54. The van der Waals surface area contributed by atoms with Crippen LogP contribution in [0.4, 0.5) is 0 Å². The van der Waals surface area contributed by atoms with Gasteiger partial charge >= 0.3 is 15.6 Å². The molecule has 2 unspecified atom stereocenters. The van der Waals surface area contributed by atoms with Crippen molar-refractivity contribution in [1.29, 1.82) is 0 Å². The molecule has 0 aliphatic rings. The van der Waals surface area contributed by atoms with Crippen LogP contribution in [-0.2, 0) is 18.0 Å². The minimum atomic E-state index is -5.08. The van der Waals surface area contributed by atoms with E-state index in [0.717, 1.165) is 30.4 Å². The minimum absolute atomic E-state index is 0.616. The highest BCUT2D eigenvalue weighted by Gasteiger charge is 2.32. The third-order valence-electron chi connectivity index (χ3n) is 2.61. The molecule has 136 valence electrons. The highest BCUT2D eigenvalue weighted by molar-refractivity contribution is 7.99. The summed E-state index contributed by atoms with van der Waals surface area (Å²) in [6.07, 6.45) is 7.39. The van der Waals surface area contributed by atoms with Crippen molar-refractivity contribution in [3.8, 4) is 0 Å². The molecule has 2 atom stereocenters. The van der Waals surface area contributed by atoms with Gasteiger partial charge in [0, 0.05) is 0 Å². The summed E-state index contributed by atoms with van der Waals surface area (Å²) < 4.78 is 29.6. The van der Waals surface area contributed by atoms with E-state index >= 15 is 0 Å². The number of hydrogen-bond donors (Lipinski definition) is 3. The van der Waals surface area contributed by atoms with Crippen molar-refractivity contribution < 1.29 is 32.6 Å². The van der Waals surface area contributed by atoms with E-state index in [0.29, 0.717) is 5.92 Å². The van der Waals surface area contributed by atoms with E-state index < -0.39 is 15.6 Å². The maximum Gasteiger partial charge on any atom is 0.535 e. The zero-order valence-electron chi connectivity index (χ0n) is 13.6. The van der Waals surface area contributed by atoms with E-state index in [9.17, 15) is 9.13 Å². The Kier molecular flexibility index (Phi) is 11.4. The van der Waals surface area contributed by atoms with E-state index in [1.54, 1.807) is 6.92 Å². The number of rotatable bonds is 12. The molecule has 0 rings (SSSR count). The van der Waals surface area contributed by atoms with Gasteiger partial charge in [0.25, 0.3) is 0 Å². The molecular formula is C13H26O7P2S. The molecule has 0 aromatic heterocycles. The summed E-state index contributed by atoms with van der Waals surface area (Å²) in [6, 6.07) is 0. The van der Waals surface area contributed by atoms with E-state index in [4.69, 9.17) is 14.7 Å². The summed E-state index contributed by atoms with van der Waals surface area (Å²) in [5, 5.41) is 0. The largest absolute Gasteiger partial charge is 0.535 e. The summed E-state index contributed by atoms with van der Waals surface area (Å²) in [5.74, 6) is 2.93. The second-order valence-corrected chi connectivity index (χ2v) is 9.09. The van der Waals surface area contributed by atoms with Gasteiger partial charge in [-0.15, -0.1) is 0 Å². The Morgan fingerprint density at radius 2 is 1.96 bits per heavy atom. The number of thioether (sulfide) groups is 1. The summed E-state index contributed by atoms with van der Waals surface area (Å²) in [6.45, 7) is 6.16. The Morgan fingerprint density at radius 1 is 1.30 bits per heavy atom. The van der Waals surface area contributed by atoms with Crippen molar-refractivity contribution in [1.82, 2.24) is 0 Å². The van der Waals surface area contributed by atoms with Crippen LogP contribution in [0.25, 0.3) is 0 Å². The first kappa shape index (κ1) is 22.9. The topological polar surface area (TPSA) is 113 Å². The highest BCUT2D eigenvalue weighted by atomic mass is 32.2. The van der Waals surface area contributed by atoms with Gasteiger partial charge in [-0.25, -0.2) is 9.13 Å². The van der Waals surface area contributed by atoms with Crippen molar-refractivity contribution in [2.45, 2.75) is 40.0 Å². The second kappa shape index (κ2) is 11.5. The average Bonchev–Trinajstić information content (AvgIpc) is 2.35. The van der Waals surface area contributed by atoms with Gasteiger partial charge in [0.05, 0.1) is 6.26 Å². The minimum Gasteiger partial charge on any atom is -0.412 e. The average molecular weight is 388 g/mol. The predicted octanol–water partition coefficient (Wildman–Crippen LogP) is 4.23. The third kappa shape index (κ3) is 15.2. The molecule has 0 aromatic rings. The maximum atomic E-state index is 11.2. The molecule has 3 N–H and O–H groups in total. The van der Waals surface area contributed by atoms with Gasteiger partial charge in [0.1, 0.15) is 0 Å².